The van der Waals surface area contributed by atoms with Crippen LogP contribution in [-0.4, -0.2) is 53.2 Å². The highest BCUT2D eigenvalue weighted by atomic mass is 16.3. The van der Waals surface area contributed by atoms with Gasteiger partial charge in [0.2, 0.25) is 0 Å². The second-order valence-electron chi connectivity index (χ2n) is 10.4. The van der Waals surface area contributed by atoms with Gasteiger partial charge in [0, 0.05) is 26.1 Å². The Labute approximate surface area is 156 Å². The molecule has 2 N–H and O–H groups in total. The van der Waals surface area contributed by atoms with Crippen LogP contribution < -0.4 is 0 Å². The molecule has 5 aliphatic carbocycles. The van der Waals surface area contributed by atoms with Gasteiger partial charge in [-0.05, 0) is 66.3 Å². The highest BCUT2D eigenvalue weighted by Gasteiger charge is 2.72. The average Bonchev–Trinajstić information content (AvgIpc) is 2.60. The van der Waals surface area contributed by atoms with Crippen LogP contribution in [0.25, 0.3) is 0 Å². The molecule has 6 rings (SSSR count). The molecule has 26 heavy (non-hydrogen) atoms. The summed E-state index contributed by atoms with van der Waals surface area (Å²) in [6.45, 7) is 9.52. The van der Waals surface area contributed by atoms with Gasteiger partial charge in [-0.3, -0.25) is 9.69 Å². The maximum atomic E-state index is 13.5. The van der Waals surface area contributed by atoms with E-state index in [-0.39, 0.29) is 17.4 Å². The quantitative estimate of drug-likeness (QED) is 0.743. The second-order valence-corrected chi connectivity index (χ2v) is 10.4. The molecular formula is C22H33NO3. The summed E-state index contributed by atoms with van der Waals surface area (Å²) in [5.74, 6) is 1.46. The van der Waals surface area contributed by atoms with E-state index in [1.807, 2.05) is 0 Å². The second kappa shape index (κ2) is 5.42. The first-order chi connectivity index (χ1) is 12.4. The number of carbonyl (C=O) groups is 1. The molecular weight excluding hydrogens is 326 g/mol. The third kappa shape index (κ3) is 1.89. The lowest BCUT2D eigenvalue weighted by atomic mass is 9.34. The Morgan fingerprint density at radius 2 is 2.04 bits per heavy atom. The lowest BCUT2D eigenvalue weighted by Gasteiger charge is -2.72. The third-order valence-corrected chi connectivity index (χ3v) is 9.46. The van der Waals surface area contributed by atoms with Crippen LogP contribution in [0.3, 0.4) is 0 Å². The molecule has 6 aliphatic rings. The van der Waals surface area contributed by atoms with Gasteiger partial charge in [-0.25, -0.2) is 0 Å². The summed E-state index contributed by atoms with van der Waals surface area (Å²) < 4.78 is 0. The number of likely N-dealkylation sites (tertiary alicyclic amines) is 1. The summed E-state index contributed by atoms with van der Waals surface area (Å²) in [5.41, 5.74) is 0.663. The molecule has 5 saturated carbocycles. The van der Waals surface area contributed by atoms with Crippen LogP contribution in [0.4, 0.5) is 0 Å². The van der Waals surface area contributed by atoms with E-state index < -0.39 is 11.5 Å². The number of Topliss-reactive ketones (excluding diaryl/α,β-unsaturated/α-hetero) is 1. The largest absolute Gasteiger partial charge is 0.395 e. The standard InChI is InChI=1S/C22H33NO3/c1-14-15-4-7-22(19(14)26)17(10-15)21-6-3-5-20(2,16(21)11-18(22)25)12-23(13-21)8-9-24/h15-17,19,24,26H,1,3-13H2,2H3/t15-,16+,17-,19-,20-,21-,22+/m0/s1. The van der Waals surface area contributed by atoms with Crippen LogP contribution in [0.15, 0.2) is 12.2 Å². The number of hydrogen-bond donors (Lipinski definition) is 2. The fourth-order valence-corrected chi connectivity index (χ4v) is 8.53. The molecule has 0 aromatic rings. The number of carbonyl (C=O) groups excluding carboxylic acids is 1. The first-order valence-corrected chi connectivity index (χ1v) is 10.6. The summed E-state index contributed by atoms with van der Waals surface area (Å²) in [6, 6.07) is 0. The molecule has 1 aliphatic heterocycles. The van der Waals surface area contributed by atoms with Crippen molar-refractivity contribution in [3.05, 3.63) is 12.2 Å². The fraction of sp³-hybridized carbons (Fsp3) is 0.864. The number of fused-ring (bicyclic) bond motifs is 2. The van der Waals surface area contributed by atoms with Crippen molar-refractivity contribution < 1.29 is 15.0 Å². The Bertz CT molecular complexity index is 662. The van der Waals surface area contributed by atoms with Crippen LogP contribution in [0.5, 0.6) is 0 Å². The number of β-amino-alcohol motifs (C(OH)–C–C–N with tert-alkyl or cyclic N) is 1. The van der Waals surface area contributed by atoms with Gasteiger partial charge < -0.3 is 10.2 Å². The number of hydrogen-bond acceptors (Lipinski definition) is 4. The van der Waals surface area contributed by atoms with Crippen LogP contribution in [0.2, 0.25) is 0 Å². The summed E-state index contributed by atoms with van der Waals surface area (Å²) in [6.07, 6.45) is 6.54. The first-order valence-electron chi connectivity index (χ1n) is 10.6. The van der Waals surface area contributed by atoms with Gasteiger partial charge in [-0.1, -0.05) is 19.9 Å². The lowest BCUT2D eigenvalue weighted by Crippen LogP contribution is -2.73. The predicted molar refractivity (Wildman–Crippen MR) is 99.4 cm³/mol. The highest BCUT2D eigenvalue weighted by Crippen LogP contribution is 2.72. The van der Waals surface area contributed by atoms with Crippen LogP contribution in [0, 0.1) is 34.0 Å². The number of aliphatic hydroxyl groups is 2. The Morgan fingerprint density at radius 1 is 1.23 bits per heavy atom. The van der Waals surface area contributed by atoms with Crippen molar-refractivity contribution in [3.8, 4) is 0 Å². The van der Waals surface area contributed by atoms with Gasteiger partial charge in [0.05, 0.1) is 18.1 Å². The van der Waals surface area contributed by atoms with Crippen LogP contribution in [-0.2, 0) is 4.79 Å². The van der Waals surface area contributed by atoms with Crippen molar-refractivity contribution in [1.29, 1.82) is 0 Å². The van der Waals surface area contributed by atoms with Crippen LogP contribution >= 0.6 is 0 Å². The van der Waals surface area contributed by atoms with Gasteiger partial charge in [0.15, 0.2) is 0 Å². The van der Waals surface area contributed by atoms with Crippen molar-refractivity contribution in [2.45, 2.75) is 58.0 Å². The number of ketones is 1. The van der Waals surface area contributed by atoms with E-state index in [0.29, 0.717) is 30.0 Å². The van der Waals surface area contributed by atoms with E-state index in [4.69, 9.17) is 0 Å². The van der Waals surface area contributed by atoms with E-state index >= 15 is 0 Å². The molecule has 0 aromatic carbocycles. The van der Waals surface area contributed by atoms with Gasteiger partial charge >= 0.3 is 0 Å². The third-order valence-electron chi connectivity index (χ3n) is 9.46. The molecule has 144 valence electrons. The highest BCUT2D eigenvalue weighted by molar-refractivity contribution is 5.88. The van der Waals surface area contributed by atoms with Crippen LogP contribution in [0.1, 0.15) is 51.9 Å². The van der Waals surface area contributed by atoms with Gasteiger partial charge in [-0.2, -0.15) is 0 Å². The van der Waals surface area contributed by atoms with E-state index in [0.717, 1.165) is 44.5 Å². The summed E-state index contributed by atoms with van der Waals surface area (Å²) in [4.78, 5) is 16.0. The summed E-state index contributed by atoms with van der Waals surface area (Å²) in [7, 11) is 0. The van der Waals surface area contributed by atoms with Gasteiger partial charge in [-0.15, -0.1) is 0 Å². The Balaban J connectivity index is 1.64. The topological polar surface area (TPSA) is 60.8 Å². The maximum Gasteiger partial charge on any atom is 0.142 e. The molecule has 4 nitrogen and oxygen atoms in total. The minimum atomic E-state index is -0.635. The molecule has 1 heterocycles. The molecule has 6 fully saturated rings. The molecule has 0 amide bonds. The van der Waals surface area contributed by atoms with E-state index in [1.165, 1.54) is 19.3 Å². The Morgan fingerprint density at radius 3 is 2.81 bits per heavy atom. The number of piperidine rings is 1. The maximum absolute atomic E-state index is 13.5. The minimum absolute atomic E-state index is 0.134. The zero-order chi connectivity index (χ0) is 18.3. The van der Waals surface area contributed by atoms with E-state index in [2.05, 4.69) is 18.4 Å². The van der Waals surface area contributed by atoms with E-state index in [1.54, 1.807) is 0 Å². The van der Waals surface area contributed by atoms with Crippen molar-refractivity contribution in [1.82, 2.24) is 4.90 Å². The Kier molecular flexibility index (Phi) is 3.63. The van der Waals surface area contributed by atoms with Crippen molar-refractivity contribution in [2.24, 2.45) is 34.0 Å². The number of nitrogens with zero attached hydrogens (tertiary/aromatic N) is 1. The number of aliphatic hydroxyl groups excluding tert-OH is 2. The van der Waals surface area contributed by atoms with Crippen molar-refractivity contribution in [2.75, 3.05) is 26.2 Å². The smallest absolute Gasteiger partial charge is 0.142 e. The van der Waals surface area contributed by atoms with Gasteiger partial charge in [0.25, 0.3) is 0 Å². The summed E-state index contributed by atoms with van der Waals surface area (Å²) >= 11 is 0. The lowest BCUT2D eigenvalue weighted by molar-refractivity contribution is -0.230. The summed E-state index contributed by atoms with van der Waals surface area (Å²) in [5, 5.41) is 20.7. The molecule has 0 radical (unpaired) electrons. The average molecular weight is 360 g/mol. The predicted octanol–water partition coefficient (Wildman–Crippen LogP) is 2.39. The van der Waals surface area contributed by atoms with Gasteiger partial charge in [0.1, 0.15) is 5.78 Å². The minimum Gasteiger partial charge on any atom is -0.395 e. The molecule has 7 atom stereocenters. The molecule has 4 bridgehead atoms. The normalized spacial score (nSPS) is 53.3. The first kappa shape index (κ1) is 17.4. The Hall–Kier alpha value is -0.710. The fourth-order valence-electron chi connectivity index (χ4n) is 8.53. The molecule has 0 aromatic heterocycles. The molecule has 4 heteroatoms. The monoisotopic (exact) mass is 359 g/mol. The van der Waals surface area contributed by atoms with E-state index in [9.17, 15) is 15.0 Å². The molecule has 1 spiro atoms. The zero-order valence-electron chi connectivity index (χ0n) is 16.0. The molecule has 1 saturated heterocycles. The SMILES string of the molecule is C=C1[C@H]2CC[C@@]3(C(=O)C[C@@H]4[C@@]5(C)CCC[C@@]4(CN(CCO)C5)[C@@H]3C2)[C@H]1O. The zero-order valence-corrected chi connectivity index (χ0v) is 16.0. The molecule has 0 unspecified atom stereocenters. The number of rotatable bonds is 2. The van der Waals surface area contributed by atoms with Crippen molar-refractivity contribution in [3.63, 3.8) is 0 Å². The van der Waals surface area contributed by atoms with Crippen molar-refractivity contribution >= 4 is 5.78 Å².